The Balaban J connectivity index is 1.53. The second-order valence-electron chi connectivity index (χ2n) is 5.37. The highest BCUT2D eigenvalue weighted by Gasteiger charge is 2.23. The second-order valence-corrected chi connectivity index (χ2v) is 5.37. The maximum absolute atomic E-state index is 4.43. The number of nitrogens with zero attached hydrogens (tertiary/aromatic N) is 3. The van der Waals surface area contributed by atoms with Gasteiger partial charge in [-0.25, -0.2) is 9.97 Å². The van der Waals surface area contributed by atoms with E-state index in [4.69, 9.17) is 0 Å². The largest absolute Gasteiger partial charge is 0.344 e. The van der Waals surface area contributed by atoms with Crippen LogP contribution in [0.25, 0.3) is 0 Å². The molecular weight excluding hydrogens is 212 g/mol. The summed E-state index contributed by atoms with van der Waals surface area (Å²) in [6, 6.07) is 0.743. The zero-order valence-corrected chi connectivity index (χ0v) is 10.4. The first-order valence-electron chi connectivity index (χ1n) is 6.57. The summed E-state index contributed by atoms with van der Waals surface area (Å²) < 4.78 is 0. The third-order valence-corrected chi connectivity index (χ3v) is 3.43. The highest BCUT2D eigenvalue weighted by Crippen LogP contribution is 2.30. The van der Waals surface area contributed by atoms with Crippen molar-refractivity contribution >= 4 is 5.95 Å². The van der Waals surface area contributed by atoms with Gasteiger partial charge in [0.25, 0.3) is 0 Å². The fourth-order valence-corrected chi connectivity index (χ4v) is 1.96. The third-order valence-electron chi connectivity index (χ3n) is 3.43. The summed E-state index contributed by atoms with van der Waals surface area (Å²) in [6.07, 6.45) is 9.27. The molecule has 2 aliphatic rings. The normalized spacial score (nSPS) is 19.4. The molecule has 1 heterocycles. The van der Waals surface area contributed by atoms with E-state index in [1.807, 2.05) is 12.4 Å². The van der Waals surface area contributed by atoms with Crippen LogP contribution in [0.4, 0.5) is 5.95 Å². The van der Waals surface area contributed by atoms with Crippen molar-refractivity contribution in [3.8, 4) is 0 Å². The molecule has 0 aliphatic heterocycles. The van der Waals surface area contributed by atoms with Crippen LogP contribution < -0.4 is 10.2 Å². The van der Waals surface area contributed by atoms with Crippen molar-refractivity contribution in [1.29, 1.82) is 0 Å². The van der Waals surface area contributed by atoms with E-state index >= 15 is 0 Å². The summed E-state index contributed by atoms with van der Waals surface area (Å²) in [5.41, 5.74) is 1.18. The average molecular weight is 232 g/mol. The SMILES string of the molecule is CN(CC1CC1)c1ncc(CNC2CC2)cn1. The average Bonchev–Trinajstić information content (AvgIpc) is 3.22. The topological polar surface area (TPSA) is 41.1 Å². The van der Waals surface area contributed by atoms with Crippen molar-refractivity contribution in [2.75, 3.05) is 18.5 Å². The number of aromatic nitrogens is 2. The van der Waals surface area contributed by atoms with Gasteiger partial charge in [0.15, 0.2) is 0 Å². The highest BCUT2D eigenvalue weighted by atomic mass is 15.2. The van der Waals surface area contributed by atoms with Crippen LogP contribution in [0.5, 0.6) is 0 Å². The fourth-order valence-electron chi connectivity index (χ4n) is 1.96. The first-order chi connectivity index (χ1) is 8.31. The Kier molecular flexibility index (Phi) is 2.97. The Bertz CT molecular complexity index is 368. The molecule has 0 unspecified atom stereocenters. The van der Waals surface area contributed by atoms with Crippen LogP contribution in [0, 0.1) is 5.92 Å². The van der Waals surface area contributed by atoms with Gasteiger partial charge in [0, 0.05) is 44.1 Å². The van der Waals surface area contributed by atoms with Gasteiger partial charge in [-0.3, -0.25) is 0 Å². The molecule has 0 bridgehead atoms. The predicted molar refractivity (Wildman–Crippen MR) is 67.9 cm³/mol. The van der Waals surface area contributed by atoms with Crippen LogP contribution in [0.15, 0.2) is 12.4 Å². The quantitative estimate of drug-likeness (QED) is 0.808. The highest BCUT2D eigenvalue weighted by molar-refractivity contribution is 5.28. The monoisotopic (exact) mass is 232 g/mol. The van der Waals surface area contributed by atoms with Gasteiger partial charge in [0.2, 0.25) is 5.95 Å². The van der Waals surface area contributed by atoms with E-state index < -0.39 is 0 Å². The molecule has 92 valence electrons. The zero-order valence-electron chi connectivity index (χ0n) is 10.4. The van der Waals surface area contributed by atoms with E-state index in [0.29, 0.717) is 0 Å². The summed E-state index contributed by atoms with van der Waals surface area (Å²) >= 11 is 0. The van der Waals surface area contributed by atoms with Gasteiger partial charge in [-0.05, 0) is 31.6 Å². The number of hydrogen-bond acceptors (Lipinski definition) is 4. The van der Waals surface area contributed by atoms with E-state index in [1.165, 1.54) is 31.2 Å². The van der Waals surface area contributed by atoms with Crippen LogP contribution in [0.1, 0.15) is 31.2 Å². The van der Waals surface area contributed by atoms with Crippen molar-refractivity contribution in [2.24, 2.45) is 5.92 Å². The standard InChI is InChI=1S/C13H20N4/c1-17(9-10-2-3-10)13-15-7-11(8-16-13)6-14-12-4-5-12/h7-8,10,12,14H,2-6,9H2,1H3. The summed E-state index contributed by atoms with van der Waals surface area (Å²) in [5.74, 6) is 1.73. The number of nitrogens with one attached hydrogen (secondary N) is 1. The summed E-state index contributed by atoms with van der Waals surface area (Å²) in [6.45, 7) is 2.00. The number of hydrogen-bond donors (Lipinski definition) is 1. The van der Waals surface area contributed by atoms with E-state index in [9.17, 15) is 0 Å². The van der Waals surface area contributed by atoms with Gasteiger partial charge in [0.1, 0.15) is 0 Å². The lowest BCUT2D eigenvalue weighted by Crippen LogP contribution is -2.22. The van der Waals surface area contributed by atoms with Gasteiger partial charge in [-0.2, -0.15) is 0 Å². The van der Waals surface area contributed by atoms with Gasteiger partial charge < -0.3 is 10.2 Å². The lowest BCUT2D eigenvalue weighted by atomic mass is 10.3. The van der Waals surface area contributed by atoms with Crippen molar-refractivity contribution < 1.29 is 0 Å². The smallest absolute Gasteiger partial charge is 0.225 e. The third kappa shape index (κ3) is 3.16. The molecule has 3 rings (SSSR count). The Morgan fingerprint density at radius 3 is 2.53 bits per heavy atom. The minimum Gasteiger partial charge on any atom is -0.344 e. The molecule has 4 heteroatoms. The Morgan fingerprint density at radius 2 is 1.94 bits per heavy atom. The van der Waals surface area contributed by atoms with Crippen molar-refractivity contribution in [3.63, 3.8) is 0 Å². The predicted octanol–water partition coefficient (Wildman–Crippen LogP) is 1.57. The summed E-state index contributed by atoms with van der Waals surface area (Å²) in [7, 11) is 2.08. The molecular formula is C13H20N4. The van der Waals surface area contributed by atoms with Gasteiger partial charge in [-0.1, -0.05) is 0 Å². The molecule has 0 radical (unpaired) electrons. The molecule has 1 aromatic heterocycles. The first-order valence-corrected chi connectivity index (χ1v) is 6.57. The Hall–Kier alpha value is -1.16. The van der Waals surface area contributed by atoms with E-state index in [1.54, 1.807) is 0 Å². The Morgan fingerprint density at radius 1 is 1.24 bits per heavy atom. The summed E-state index contributed by atoms with van der Waals surface area (Å²) in [4.78, 5) is 11.0. The molecule has 0 amide bonds. The van der Waals surface area contributed by atoms with E-state index in [-0.39, 0.29) is 0 Å². The van der Waals surface area contributed by atoms with Crippen LogP contribution in [0.3, 0.4) is 0 Å². The lowest BCUT2D eigenvalue weighted by Gasteiger charge is -2.16. The van der Waals surface area contributed by atoms with E-state index in [2.05, 4.69) is 27.2 Å². The molecule has 0 saturated heterocycles. The van der Waals surface area contributed by atoms with Crippen LogP contribution >= 0.6 is 0 Å². The van der Waals surface area contributed by atoms with Gasteiger partial charge >= 0.3 is 0 Å². The molecule has 0 spiro atoms. The molecule has 1 aromatic rings. The molecule has 2 fully saturated rings. The molecule has 0 atom stereocenters. The van der Waals surface area contributed by atoms with Gasteiger partial charge in [0.05, 0.1) is 0 Å². The minimum atomic E-state index is 0.743. The molecule has 1 N–H and O–H groups in total. The van der Waals surface area contributed by atoms with Crippen molar-refractivity contribution in [1.82, 2.24) is 15.3 Å². The van der Waals surface area contributed by atoms with Gasteiger partial charge in [-0.15, -0.1) is 0 Å². The van der Waals surface area contributed by atoms with E-state index in [0.717, 1.165) is 31.0 Å². The van der Waals surface area contributed by atoms with Crippen molar-refractivity contribution in [3.05, 3.63) is 18.0 Å². The lowest BCUT2D eigenvalue weighted by molar-refractivity contribution is 0.681. The number of anilines is 1. The maximum atomic E-state index is 4.43. The molecule has 2 saturated carbocycles. The molecule has 4 nitrogen and oxygen atoms in total. The molecule has 0 aromatic carbocycles. The minimum absolute atomic E-state index is 0.743. The molecule has 2 aliphatic carbocycles. The molecule has 17 heavy (non-hydrogen) atoms. The second kappa shape index (κ2) is 4.61. The van der Waals surface area contributed by atoms with Crippen molar-refractivity contribution in [2.45, 2.75) is 38.3 Å². The number of rotatable bonds is 6. The Labute approximate surface area is 102 Å². The zero-order chi connectivity index (χ0) is 11.7. The fraction of sp³-hybridized carbons (Fsp3) is 0.692. The van der Waals surface area contributed by atoms with Crippen LogP contribution in [-0.4, -0.2) is 29.6 Å². The van der Waals surface area contributed by atoms with Crippen LogP contribution in [0.2, 0.25) is 0 Å². The first kappa shape index (κ1) is 11.0. The van der Waals surface area contributed by atoms with Crippen LogP contribution in [-0.2, 0) is 6.54 Å². The summed E-state index contributed by atoms with van der Waals surface area (Å²) in [5, 5.41) is 3.47. The maximum Gasteiger partial charge on any atom is 0.225 e.